The van der Waals surface area contributed by atoms with Crippen molar-refractivity contribution in [1.82, 2.24) is 0 Å². The maximum Gasteiger partial charge on any atom is 0.494 e. The fourth-order valence-corrected chi connectivity index (χ4v) is 2.74. The van der Waals surface area contributed by atoms with Crippen LogP contribution in [0.3, 0.4) is 0 Å². The highest BCUT2D eigenvalue weighted by molar-refractivity contribution is 6.62. The van der Waals surface area contributed by atoms with Gasteiger partial charge in [0.25, 0.3) is 0 Å². The van der Waals surface area contributed by atoms with E-state index >= 15 is 0 Å². The lowest BCUT2D eigenvalue weighted by molar-refractivity contribution is -0.264. The van der Waals surface area contributed by atoms with Gasteiger partial charge in [-0.3, -0.25) is 0 Å². The van der Waals surface area contributed by atoms with E-state index in [9.17, 15) is 0 Å². The molecule has 0 N–H and O–H groups in total. The Morgan fingerprint density at radius 1 is 0.920 bits per heavy atom. The summed E-state index contributed by atoms with van der Waals surface area (Å²) in [6.07, 6.45) is 0. The van der Waals surface area contributed by atoms with E-state index in [-0.39, 0.29) is 24.2 Å². The molecule has 2 fully saturated rings. The molecule has 5 nitrogen and oxygen atoms in total. The Hall–Kier alpha value is -1.08. The van der Waals surface area contributed by atoms with Gasteiger partial charge in [-0.2, -0.15) is 0 Å². The fraction of sp³-hybridized carbons (Fsp3) is 0.684. The molecular weight excluding hydrogens is 319 g/mol. The van der Waals surface area contributed by atoms with Gasteiger partial charge in [0.15, 0.2) is 5.79 Å². The van der Waals surface area contributed by atoms with E-state index in [2.05, 4.69) is 27.7 Å². The zero-order valence-electron chi connectivity index (χ0n) is 16.1. The molecule has 6 heteroatoms. The number of hydrogen-bond acceptors (Lipinski definition) is 5. The molecule has 2 aliphatic heterocycles. The van der Waals surface area contributed by atoms with E-state index in [0.717, 1.165) is 11.2 Å². The van der Waals surface area contributed by atoms with E-state index in [1.165, 1.54) is 0 Å². The number of rotatable bonds is 4. The van der Waals surface area contributed by atoms with Crippen LogP contribution in [0.15, 0.2) is 24.3 Å². The molecule has 0 spiro atoms. The summed E-state index contributed by atoms with van der Waals surface area (Å²) in [4.78, 5) is 0. The maximum atomic E-state index is 6.07. The van der Waals surface area contributed by atoms with Gasteiger partial charge in [-0.1, -0.05) is 12.1 Å². The second-order valence-electron chi connectivity index (χ2n) is 8.36. The van der Waals surface area contributed by atoms with Crippen LogP contribution in [0.4, 0.5) is 0 Å². The average molecular weight is 348 g/mol. The number of ether oxygens (including phenoxy) is 3. The van der Waals surface area contributed by atoms with E-state index in [0.29, 0.717) is 19.8 Å². The molecule has 0 aliphatic carbocycles. The first kappa shape index (κ1) is 18.7. The number of hydrogen-bond donors (Lipinski definition) is 0. The Labute approximate surface area is 151 Å². The molecule has 0 atom stereocenters. The summed E-state index contributed by atoms with van der Waals surface area (Å²) in [5.74, 6) is 0.585. The van der Waals surface area contributed by atoms with Crippen LogP contribution in [-0.2, 0) is 18.8 Å². The van der Waals surface area contributed by atoms with Gasteiger partial charge in [0.05, 0.1) is 31.0 Å². The lowest BCUT2D eigenvalue weighted by Crippen LogP contribution is -2.41. The Morgan fingerprint density at radius 2 is 1.44 bits per heavy atom. The first-order valence-electron chi connectivity index (χ1n) is 8.94. The van der Waals surface area contributed by atoms with Crippen LogP contribution in [0, 0.1) is 5.92 Å². The third kappa shape index (κ3) is 4.19. The number of benzene rings is 1. The second-order valence-corrected chi connectivity index (χ2v) is 8.36. The molecule has 138 valence electrons. The van der Waals surface area contributed by atoms with E-state index in [1.807, 2.05) is 38.1 Å². The second kappa shape index (κ2) is 6.58. The van der Waals surface area contributed by atoms with Crippen molar-refractivity contribution in [2.24, 2.45) is 5.92 Å². The summed E-state index contributed by atoms with van der Waals surface area (Å²) < 4.78 is 29.3. The molecule has 2 saturated heterocycles. The molecule has 0 amide bonds. The molecule has 0 bridgehead atoms. The van der Waals surface area contributed by atoms with Crippen LogP contribution in [0.1, 0.15) is 41.5 Å². The topological polar surface area (TPSA) is 46.2 Å². The van der Waals surface area contributed by atoms with Gasteiger partial charge in [-0.15, -0.1) is 0 Å². The smallest absolute Gasteiger partial charge is 0.493 e. The first-order valence-corrected chi connectivity index (χ1v) is 8.94. The maximum absolute atomic E-state index is 6.07. The Morgan fingerprint density at radius 3 is 1.96 bits per heavy atom. The Kier molecular flexibility index (Phi) is 4.92. The van der Waals surface area contributed by atoms with Crippen LogP contribution >= 0.6 is 0 Å². The van der Waals surface area contributed by atoms with Crippen LogP contribution in [0.25, 0.3) is 0 Å². The summed E-state index contributed by atoms with van der Waals surface area (Å²) in [6.45, 7) is 14.0. The lowest BCUT2D eigenvalue weighted by atomic mass is 9.79. The monoisotopic (exact) mass is 348 g/mol. The van der Waals surface area contributed by atoms with Crippen molar-refractivity contribution < 1.29 is 23.5 Å². The molecule has 2 aliphatic rings. The fourth-order valence-electron chi connectivity index (χ4n) is 2.74. The van der Waals surface area contributed by atoms with Gasteiger partial charge < -0.3 is 23.5 Å². The van der Waals surface area contributed by atoms with E-state index < -0.39 is 5.79 Å². The molecule has 2 heterocycles. The van der Waals surface area contributed by atoms with Gasteiger partial charge >= 0.3 is 7.12 Å². The third-order valence-electron chi connectivity index (χ3n) is 5.22. The molecule has 0 unspecified atom stereocenters. The molecule has 3 rings (SSSR count). The molecule has 1 aromatic carbocycles. The van der Waals surface area contributed by atoms with Gasteiger partial charge in [0, 0.05) is 5.92 Å². The van der Waals surface area contributed by atoms with Crippen molar-refractivity contribution >= 4 is 12.6 Å². The molecule has 25 heavy (non-hydrogen) atoms. The highest BCUT2D eigenvalue weighted by Gasteiger charge is 2.51. The minimum absolute atomic E-state index is 0.246. The standard InChI is InChI=1S/C19H29BO5/c1-17(2)18(3,4)25-20(24-17)15-7-9-16(10-8-15)21-11-14-12-22-19(5,6)23-13-14/h7-10,14H,11-13H2,1-6H3. The first-order chi connectivity index (χ1) is 11.6. The minimum atomic E-state index is -0.485. The van der Waals surface area contributed by atoms with Crippen molar-refractivity contribution in [3.63, 3.8) is 0 Å². The Bertz CT molecular complexity index is 570. The van der Waals surface area contributed by atoms with Crippen molar-refractivity contribution in [2.45, 2.75) is 58.5 Å². The molecule has 0 saturated carbocycles. The minimum Gasteiger partial charge on any atom is -0.493 e. The van der Waals surface area contributed by atoms with Crippen LogP contribution < -0.4 is 10.2 Å². The summed E-state index contributed by atoms with van der Waals surface area (Å²) in [5.41, 5.74) is 0.334. The van der Waals surface area contributed by atoms with Crippen molar-refractivity contribution in [3.8, 4) is 5.75 Å². The van der Waals surface area contributed by atoms with Crippen molar-refractivity contribution in [2.75, 3.05) is 19.8 Å². The molecule has 1 aromatic rings. The van der Waals surface area contributed by atoms with Crippen molar-refractivity contribution in [3.05, 3.63) is 24.3 Å². The SMILES string of the molecule is CC1(C)OCC(COc2ccc(B3OC(C)(C)C(C)(C)O3)cc2)CO1. The predicted octanol–water partition coefficient (Wildman–Crippen LogP) is 2.76. The summed E-state index contributed by atoms with van der Waals surface area (Å²) in [5, 5.41) is 0. The van der Waals surface area contributed by atoms with E-state index in [4.69, 9.17) is 23.5 Å². The zero-order chi connectivity index (χ0) is 18.3. The summed E-state index contributed by atoms with van der Waals surface area (Å²) >= 11 is 0. The third-order valence-corrected chi connectivity index (χ3v) is 5.22. The van der Waals surface area contributed by atoms with Gasteiger partial charge in [0.1, 0.15) is 5.75 Å². The highest BCUT2D eigenvalue weighted by atomic mass is 16.7. The van der Waals surface area contributed by atoms with E-state index in [1.54, 1.807) is 0 Å². The zero-order valence-corrected chi connectivity index (χ0v) is 16.1. The van der Waals surface area contributed by atoms with Gasteiger partial charge in [-0.25, -0.2) is 0 Å². The molecular formula is C19H29BO5. The lowest BCUT2D eigenvalue weighted by Gasteiger charge is -2.34. The molecule has 0 aromatic heterocycles. The van der Waals surface area contributed by atoms with Crippen LogP contribution in [-0.4, -0.2) is 43.9 Å². The largest absolute Gasteiger partial charge is 0.494 e. The van der Waals surface area contributed by atoms with Crippen LogP contribution in [0.2, 0.25) is 0 Å². The Balaban J connectivity index is 1.53. The summed E-state index contributed by atoms with van der Waals surface area (Å²) in [6, 6.07) is 7.90. The molecule has 0 radical (unpaired) electrons. The average Bonchev–Trinajstić information content (AvgIpc) is 2.75. The van der Waals surface area contributed by atoms with Gasteiger partial charge in [-0.05, 0) is 59.1 Å². The van der Waals surface area contributed by atoms with Crippen molar-refractivity contribution in [1.29, 1.82) is 0 Å². The van der Waals surface area contributed by atoms with Gasteiger partial charge in [0.2, 0.25) is 0 Å². The summed E-state index contributed by atoms with van der Waals surface area (Å²) in [7, 11) is -0.346. The normalized spacial score (nSPS) is 25.1. The quantitative estimate of drug-likeness (QED) is 0.783. The van der Waals surface area contributed by atoms with Crippen LogP contribution in [0.5, 0.6) is 5.75 Å². The predicted molar refractivity (Wildman–Crippen MR) is 97.1 cm³/mol. The highest BCUT2D eigenvalue weighted by Crippen LogP contribution is 2.36.